The van der Waals surface area contributed by atoms with Gasteiger partial charge in [-0.1, -0.05) is 29.0 Å². The van der Waals surface area contributed by atoms with Crippen molar-refractivity contribution in [2.45, 2.75) is 25.3 Å². The molecule has 2 heterocycles. The Morgan fingerprint density at radius 2 is 2.41 bits per heavy atom. The summed E-state index contributed by atoms with van der Waals surface area (Å²) in [5.41, 5.74) is 2.01. The van der Waals surface area contributed by atoms with E-state index in [1.807, 2.05) is 0 Å². The van der Waals surface area contributed by atoms with Crippen LogP contribution in [0.1, 0.15) is 18.4 Å². The zero-order valence-electron chi connectivity index (χ0n) is 11.6. The van der Waals surface area contributed by atoms with Gasteiger partial charge in [0, 0.05) is 23.2 Å². The van der Waals surface area contributed by atoms with E-state index in [9.17, 15) is 9.18 Å². The maximum absolute atomic E-state index is 13.9. The van der Waals surface area contributed by atoms with Gasteiger partial charge in [-0.25, -0.2) is 9.18 Å². The smallest absolute Gasteiger partial charge is 0.321 e. The van der Waals surface area contributed by atoms with Gasteiger partial charge in [0.1, 0.15) is 11.3 Å². The largest absolute Gasteiger partial charge is 0.323 e. The minimum absolute atomic E-state index is 0.0673. The molecule has 2 aromatic rings. The van der Waals surface area contributed by atoms with Crippen LogP contribution in [0, 0.1) is 5.82 Å². The lowest BCUT2D eigenvalue weighted by atomic mass is 10.0. The van der Waals surface area contributed by atoms with Gasteiger partial charge in [-0.15, -0.1) is 10.2 Å². The van der Waals surface area contributed by atoms with Crippen LogP contribution in [0.4, 0.5) is 14.3 Å². The van der Waals surface area contributed by atoms with Gasteiger partial charge in [-0.2, -0.15) is 0 Å². The number of nitrogens with one attached hydrogen (secondary N) is 1. The number of nitrogens with zero attached hydrogens (tertiary/aromatic N) is 3. The highest BCUT2D eigenvalue weighted by atomic mass is 35.5. The molecule has 2 amide bonds. The molecule has 1 atom stereocenters. The number of benzene rings is 1. The van der Waals surface area contributed by atoms with Gasteiger partial charge in [0.25, 0.3) is 0 Å². The number of likely N-dealkylation sites (tertiary alicyclic amines) is 1. The van der Waals surface area contributed by atoms with Crippen molar-refractivity contribution in [3.05, 3.63) is 40.1 Å². The van der Waals surface area contributed by atoms with Gasteiger partial charge in [0.2, 0.25) is 5.13 Å². The number of hydrogen-bond acceptors (Lipinski definition) is 4. The number of rotatable bonds is 3. The third-order valence-electron chi connectivity index (χ3n) is 3.71. The summed E-state index contributed by atoms with van der Waals surface area (Å²) in [6.07, 6.45) is 2.13. The molecule has 1 aromatic carbocycles. The molecule has 1 aliphatic rings. The standard InChI is InChI=1S/C14H14ClFN4OS/c15-11-4-1-5-12(16)10(11)7-9-3-2-6-20(9)14(21)18-13-19-17-8-22-13/h1,4-5,8-9H,2-3,6-7H2,(H,18,19,21)/t9-/m0/s1. The van der Waals surface area contributed by atoms with Crippen molar-refractivity contribution in [3.8, 4) is 0 Å². The van der Waals surface area contributed by atoms with E-state index in [4.69, 9.17) is 11.6 Å². The van der Waals surface area contributed by atoms with Crippen molar-refractivity contribution in [2.24, 2.45) is 0 Å². The summed E-state index contributed by atoms with van der Waals surface area (Å²) < 4.78 is 13.9. The molecule has 3 rings (SSSR count). The number of hydrogen-bond donors (Lipinski definition) is 1. The van der Waals surface area contributed by atoms with Crippen molar-refractivity contribution in [1.29, 1.82) is 0 Å². The van der Waals surface area contributed by atoms with Crippen molar-refractivity contribution >= 4 is 34.1 Å². The molecule has 22 heavy (non-hydrogen) atoms. The third-order valence-corrected chi connectivity index (χ3v) is 4.67. The van der Waals surface area contributed by atoms with Gasteiger partial charge in [0.15, 0.2) is 0 Å². The summed E-state index contributed by atoms with van der Waals surface area (Å²) in [6, 6.07) is 4.34. The van der Waals surface area contributed by atoms with Crippen molar-refractivity contribution in [2.75, 3.05) is 11.9 Å². The first kappa shape index (κ1) is 15.2. The SMILES string of the molecule is O=C(Nc1nncs1)N1CCC[C@H]1Cc1c(F)cccc1Cl. The van der Waals surface area contributed by atoms with E-state index in [-0.39, 0.29) is 17.9 Å². The summed E-state index contributed by atoms with van der Waals surface area (Å²) in [5, 5.41) is 11.0. The molecule has 0 unspecified atom stereocenters. The second-order valence-electron chi connectivity index (χ2n) is 5.07. The molecule has 8 heteroatoms. The zero-order chi connectivity index (χ0) is 15.5. The molecule has 1 saturated heterocycles. The van der Waals surface area contributed by atoms with Crippen LogP contribution in [-0.4, -0.2) is 33.7 Å². The number of halogens is 2. The van der Waals surface area contributed by atoms with E-state index in [0.29, 0.717) is 28.7 Å². The Bertz CT molecular complexity index is 647. The molecule has 0 radical (unpaired) electrons. The lowest BCUT2D eigenvalue weighted by Crippen LogP contribution is -2.39. The Hall–Kier alpha value is -1.73. The lowest BCUT2D eigenvalue weighted by Gasteiger charge is -2.25. The fourth-order valence-corrected chi connectivity index (χ4v) is 3.34. The summed E-state index contributed by atoms with van der Waals surface area (Å²) in [7, 11) is 0. The van der Waals surface area contributed by atoms with E-state index in [0.717, 1.165) is 12.8 Å². The van der Waals surface area contributed by atoms with Gasteiger partial charge >= 0.3 is 6.03 Å². The summed E-state index contributed by atoms with van der Waals surface area (Å²) in [5.74, 6) is -0.330. The molecule has 5 nitrogen and oxygen atoms in total. The van der Waals surface area contributed by atoms with E-state index in [1.54, 1.807) is 22.5 Å². The summed E-state index contributed by atoms with van der Waals surface area (Å²) >= 11 is 7.33. The Morgan fingerprint density at radius 3 is 3.14 bits per heavy atom. The number of carbonyl (C=O) groups excluding carboxylic acids is 1. The van der Waals surface area contributed by atoms with Crippen LogP contribution in [-0.2, 0) is 6.42 Å². The molecular weight excluding hydrogens is 327 g/mol. The Labute approximate surface area is 136 Å². The van der Waals surface area contributed by atoms with Crippen LogP contribution in [0.15, 0.2) is 23.7 Å². The Balaban J connectivity index is 1.72. The molecule has 0 bridgehead atoms. The normalized spacial score (nSPS) is 17.7. The molecule has 1 aliphatic heterocycles. The zero-order valence-corrected chi connectivity index (χ0v) is 13.2. The lowest BCUT2D eigenvalue weighted by molar-refractivity contribution is 0.206. The topological polar surface area (TPSA) is 58.1 Å². The number of amides is 2. The minimum atomic E-state index is -0.330. The van der Waals surface area contributed by atoms with Crippen LogP contribution < -0.4 is 5.32 Å². The summed E-state index contributed by atoms with van der Waals surface area (Å²) in [6.45, 7) is 0.640. The predicted molar refractivity (Wildman–Crippen MR) is 83.8 cm³/mol. The number of aromatic nitrogens is 2. The first-order valence-electron chi connectivity index (χ1n) is 6.92. The quantitative estimate of drug-likeness (QED) is 0.929. The first-order valence-corrected chi connectivity index (χ1v) is 8.17. The van der Waals surface area contributed by atoms with Gasteiger partial charge in [-0.3, -0.25) is 5.32 Å². The summed E-state index contributed by atoms with van der Waals surface area (Å²) in [4.78, 5) is 14.0. The van der Waals surface area contributed by atoms with Crippen LogP contribution in [0.2, 0.25) is 5.02 Å². The van der Waals surface area contributed by atoms with Gasteiger partial charge < -0.3 is 4.90 Å². The van der Waals surface area contributed by atoms with Gasteiger partial charge in [-0.05, 0) is 31.4 Å². The molecule has 1 fully saturated rings. The Kier molecular flexibility index (Phi) is 4.54. The molecule has 0 aliphatic carbocycles. The first-order chi connectivity index (χ1) is 10.6. The van der Waals surface area contributed by atoms with E-state index in [2.05, 4.69) is 15.5 Å². The molecule has 0 spiro atoms. The van der Waals surface area contributed by atoms with Crippen molar-refractivity contribution < 1.29 is 9.18 Å². The monoisotopic (exact) mass is 340 g/mol. The number of urea groups is 1. The molecule has 0 saturated carbocycles. The molecule has 116 valence electrons. The number of carbonyl (C=O) groups is 1. The molecule has 1 aromatic heterocycles. The minimum Gasteiger partial charge on any atom is -0.321 e. The van der Waals surface area contributed by atoms with Gasteiger partial charge in [0.05, 0.1) is 0 Å². The second kappa shape index (κ2) is 6.58. The Morgan fingerprint density at radius 1 is 1.55 bits per heavy atom. The number of anilines is 1. The van der Waals surface area contributed by atoms with E-state index in [1.165, 1.54) is 17.4 Å². The highest BCUT2D eigenvalue weighted by molar-refractivity contribution is 7.13. The molecular formula is C14H14ClFN4OS. The second-order valence-corrected chi connectivity index (χ2v) is 6.31. The van der Waals surface area contributed by atoms with Crippen LogP contribution >= 0.6 is 22.9 Å². The predicted octanol–water partition coefficient (Wildman–Crippen LogP) is 3.57. The molecule has 1 N–H and O–H groups in total. The fraction of sp³-hybridized carbons (Fsp3) is 0.357. The van der Waals surface area contributed by atoms with Crippen LogP contribution in [0.25, 0.3) is 0 Å². The maximum atomic E-state index is 13.9. The van der Waals surface area contributed by atoms with Crippen molar-refractivity contribution in [1.82, 2.24) is 15.1 Å². The average Bonchev–Trinajstić information content (AvgIpc) is 3.14. The fourth-order valence-electron chi connectivity index (χ4n) is 2.67. The van der Waals surface area contributed by atoms with Crippen molar-refractivity contribution in [3.63, 3.8) is 0 Å². The van der Waals surface area contributed by atoms with Crippen LogP contribution in [0.3, 0.4) is 0 Å². The average molecular weight is 341 g/mol. The highest BCUT2D eigenvalue weighted by Crippen LogP contribution is 2.27. The highest BCUT2D eigenvalue weighted by Gasteiger charge is 2.30. The van der Waals surface area contributed by atoms with E-state index < -0.39 is 0 Å². The maximum Gasteiger partial charge on any atom is 0.323 e. The van der Waals surface area contributed by atoms with Crippen LogP contribution in [0.5, 0.6) is 0 Å². The van der Waals surface area contributed by atoms with E-state index >= 15 is 0 Å². The third kappa shape index (κ3) is 3.20.